The van der Waals surface area contributed by atoms with E-state index in [1.165, 1.54) is 4.90 Å². The number of nitriles is 1. The lowest BCUT2D eigenvalue weighted by molar-refractivity contribution is -0.137. The highest BCUT2D eigenvalue weighted by atomic mass is 35.5. The summed E-state index contributed by atoms with van der Waals surface area (Å²) in [5.74, 6) is -0.0610. The van der Waals surface area contributed by atoms with Crippen molar-refractivity contribution in [1.29, 1.82) is 5.26 Å². The minimum absolute atomic E-state index is 0.112. The zero-order chi connectivity index (χ0) is 23.2. The Morgan fingerprint density at radius 1 is 1.29 bits per heavy atom. The number of nitrogens with zero attached hydrogens (tertiary/aromatic N) is 4. The molecule has 0 radical (unpaired) electrons. The largest absolute Gasteiger partial charge is 0.417 e. The van der Waals surface area contributed by atoms with Crippen molar-refractivity contribution in [3.8, 4) is 6.07 Å². The molecule has 1 aliphatic rings. The molecule has 170 valence electrons. The maximum atomic E-state index is 12.8. The molecule has 1 saturated heterocycles. The second-order valence-electron chi connectivity index (χ2n) is 7.51. The van der Waals surface area contributed by atoms with Gasteiger partial charge in [0.25, 0.3) is 0 Å². The standard InChI is InChI=1S/C19H24ClF3N6O2/c1-12(2)9-15(17(30)25-4-3-24)27-18(31)29-7-5-28(6-8-29)16-14(20)10-13(11-26-16)19(21,22)23/h10-12,15H,4-9H2,1-2H3,(H,25,30)(H,27,31)/t15-/m0/s1. The van der Waals surface area contributed by atoms with E-state index in [1.807, 2.05) is 19.9 Å². The van der Waals surface area contributed by atoms with Crippen LogP contribution in [0.3, 0.4) is 0 Å². The summed E-state index contributed by atoms with van der Waals surface area (Å²) in [5, 5.41) is 13.7. The summed E-state index contributed by atoms with van der Waals surface area (Å²) in [5.41, 5.74) is -0.926. The zero-order valence-corrected chi connectivity index (χ0v) is 17.9. The van der Waals surface area contributed by atoms with Crippen LogP contribution in [-0.2, 0) is 11.0 Å². The molecule has 1 aromatic rings. The van der Waals surface area contributed by atoms with Gasteiger partial charge >= 0.3 is 12.2 Å². The van der Waals surface area contributed by atoms with Crippen molar-refractivity contribution < 1.29 is 22.8 Å². The molecule has 0 spiro atoms. The summed E-state index contributed by atoms with van der Waals surface area (Å²) in [6.07, 6.45) is -3.39. The average Bonchev–Trinajstić information content (AvgIpc) is 2.70. The predicted molar refractivity (Wildman–Crippen MR) is 108 cm³/mol. The zero-order valence-electron chi connectivity index (χ0n) is 17.2. The predicted octanol–water partition coefficient (Wildman–Crippen LogP) is 2.64. The van der Waals surface area contributed by atoms with E-state index in [2.05, 4.69) is 15.6 Å². The number of carbonyl (C=O) groups excluding carboxylic acids is 2. The number of piperazine rings is 1. The Bertz CT molecular complexity index is 835. The fourth-order valence-electron chi connectivity index (χ4n) is 3.13. The molecule has 1 aliphatic heterocycles. The molecule has 2 rings (SSSR count). The van der Waals surface area contributed by atoms with E-state index in [0.717, 1.165) is 12.3 Å². The first-order chi connectivity index (χ1) is 14.5. The van der Waals surface area contributed by atoms with Gasteiger partial charge < -0.3 is 20.4 Å². The Morgan fingerprint density at radius 2 is 1.94 bits per heavy atom. The fourth-order valence-corrected chi connectivity index (χ4v) is 3.42. The minimum atomic E-state index is -4.53. The van der Waals surface area contributed by atoms with Gasteiger partial charge in [0, 0.05) is 32.4 Å². The van der Waals surface area contributed by atoms with Crippen molar-refractivity contribution in [2.45, 2.75) is 32.5 Å². The van der Waals surface area contributed by atoms with E-state index in [-0.39, 0.29) is 36.4 Å². The van der Waals surface area contributed by atoms with Crippen LogP contribution in [0, 0.1) is 17.2 Å². The van der Waals surface area contributed by atoms with Gasteiger partial charge in [-0.1, -0.05) is 25.4 Å². The van der Waals surface area contributed by atoms with Crippen LogP contribution in [0.2, 0.25) is 5.02 Å². The fraction of sp³-hybridized carbons (Fsp3) is 0.579. The van der Waals surface area contributed by atoms with Crippen LogP contribution in [0.5, 0.6) is 0 Å². The normalized spacial score (nSPS) is 15.4. The molecule has 0 unspecified atom stereocenters. The number of rotatable bonds is 6. The van der Waals surface area contributed by atoms with Gasteiger partial charge in [0.1, 0.15) is 18.4 Å². The SMILES string of the molecule is CC(C)C[C@H](NC(=O)N1CCN(c2ncc(C(F)(F)F)cc2Cl)CC1)C(=O)NCC#N. The van der Waals surface area contributed by atoms with Gasteiger partial charge in [0.05, 0.1) is 16.7 Å². The van der Waals surface area contributed by atoms with Crippen molar-refractivity contribution in [2.24, 2.45) is 5.92 Å². The first kappa shape index (κ1) is 24.5. The van der Waals surface area contributed by atoms with Crippen LogP contribution in [-0.4, -0.2) is 60.6 Å². The molecule has 31 heavy (non-hydrogen) atoms. The molecular formula is C19H24ClF3N6O2. The molecule has 2 heterocycles. The molecule has 0 saturated carbocycles. The number of aromatic nitrogens is 1. The molecule has 0 bridgehead atoms. The van der Waals surface area contributed by atoms with Crippen LogP contribution < -0.4 is 15.5 Å². The van der Waals surface area contributed by atoms with Crippen molar-refractivity contribution in [3.63, 3.8) is 0 Å². The maximum absolute atomic E-state index is 12.8. The average molecular weight is 461 g/mol. The number of halogens is 4. The Morgan fingerprint density at radius 3 is 2.45 bits per heavy atom. The van der Waals surface area contributed by atoms with Crippen LogP contribution in [0.4, 0.5) is 23.8 Å². The van der Waals surface area contributed by atoms with Gasteiger partial charge in [-0.25, -0.2) is 9.78 Å². The highest BCUT2D eigenvalue weighted by molar-refractivity contribution is 6.33. The third-order valence-electron chi connectivity index (χ3n) is 4.68. The van der Waals surface area contributed by atoms with Crippen LogP contribution >= 0.6 is 11.6 Å². The molecule has 1 fully saturated rings. The smallest absolute Gasteiger partial charge is 0.352 e. The summed E-state index contributed by atoms with van der Waals surface area (Å²) < 4.78 is 38.3. The molecule has 12 heteroatoms. The van der Waals surface area contributed by atoms with E-state index in [1.54, 1.807) is 4.90 Å². The number of nitrogens with one attached hydrogen (secondary N) is 2. The summed E-state index contributed by atoms with van der Waals surface area (Å²) in [7, 11) is 0. The molecule has 1 atom stereocenters. The second-order valence-corrected chi connectivity index (χ2v) is 7.92. The van der Waals surface area contributed by atoms with Crippen molar-refractivity contribution >= 4 is 29.4 Å². The van der Waals surface area contributed by atoms with Gasteiger partial charge in [0.15, 0.2) is 0 Å². The highest BCUT2D eigenvalue weighted by Crippen LogP contribution is 2.33. The molecule has 3 amide bonds. The topological polar surface area (TPSA) is 101 Å². The maximum Gasteiger partial charge on any atom is 0.417 e. The van der Waals surface area contributed by atoms with Gasteiger partial charge in [-0.05, 0) is 18.4 Å². The summed E-state index contributed by atoms with van der Waals surface area (Å²) in [6, 6.07) is 1.45. The van der Waals surface area contributed by atoms with E-state index >= 15 is 0 Å². The monoisotopic (exact) mass is 460 g/mol. The Balaban J connectivity index is 1.97. The summed E-state index contributed by atoms with van der Waals surface area (Å²) in [4.78, 5) is 31.9. The summed E-state index contributed by atoms with van der Waals surface area (Å²) in [6.45, 7) is 4.87. The lowest BCUT2D eigenvalue weighted by Crippen LogP contribution is -2.56. The van der Waals surface area contributed by atoms with Crippen LogP contribution in [0.1, 0.15) is 25.8 Å². The first-order valence-corrected chi connectivity index (χ1v) is 10.1. The Kier molecular flexibility index (Phi) is 8.33. The van der Waals surface area contributed by atoms with Crippen molar-refractivity contribution in [2.75, 3.05) is 37.6 Å². The van der Waals surface area contributed by atoms with Crippen molar-refractivity contribution in [3.05, 3.63) is 22.8 Å². The van der Waals surface area contributed by atoms with Crippen LogP contribution in [0.15, 0.2) is 12.3 Å². The number of hydrogen-bond acceptors (Lipinski definition) is 5. The highest BCUT2D eigenvalue weighted by Gasteiger charge is 2.33. The summed E-state index contributed by atoms with van der Waals surface area (Å²) >= 11 is 6.00. The lowest BCUT2D eigenvalue weighted by Gasteiger charge is -2.36. The van der Waals surface area contributed by atoms with E-state index in [0.29, 0.717) is 19.5 Å². The first-order valence-electron chi connectivity index (χ1n) is 9.70. The van der Waals surface area contributed by atoms with Crippen molar-refractivity contribution in [1.82, 2.24) is 20.5 Å². The number of hydrogen-bond donors (Lipinski definition) is 2. The number of pyridine rings is 1. The molecular weight excluding hydrogens is 437 g/mol. The lowest BCUT2D eigenvalue weighted by atomic mass is 10.0. The quantitative estimate of drug-likeness (QED) is 0.635. The van der Waals surface area contributed by atoms with Crippen LogP contribution in [0.25, 0.3) is 0 Å². The van der Waals surface area contributed by atoms with E-state index in [9.17, 15) is 22.8 Å². The number of carbonyl (C=O) groups is 2. The van der Waals surface area contributed by atoms with E-state index in [4.69, 9.17) is 16.9 Å². The molecule has 0 aliphatic carbocycles. The molecule has 8 nitrogen and oxygen atoms in total. The third-order valence-corrected chi connectivity index (χ3v) is 4.96. The molecule has 1 aromatic heterocycles. The van der Waals surface area contributed by atoms with Gasteiger partial charge in [-0.15, -0.1) is 0 Å². The number of alkyl halides is 3. The Hall–Kier alpha value is -2.74. The van der Waals surface area contributed by atoms with Gasteiger partial charge in [0.2, 0.25) is 5.91 Å². The number of urea groups is 1. The molecule has 2 N–H and O–H groups in total. The van der Waals surface area contributed by atoms with Gasteiger partial charge in [-0.2, -0.15) is 18.4 Å². The third kappa shape index (κ3) is 6.89. The molecule has 0 aromatic carbocycles. The minimum Gasteiger partial charge on any atom is -0.352 e. The number of amides is 3. The second kappa shape index (κ2) is 10.5. The Labute approximate surface area is 183 Å². The van der Waals surface area contributed by atoms with Gasteiger partial charge in [-0.3, -0.25) is 4.79 Å². The number of anilines is 1. The van der Waals surface area contributed by atoms with E-state index < -0.39 is 29.7 Å².